The molecule has 2 rings (SSSR count). The van der Waals surface area contributed by atoms with Crippen molar-refractivity contribution < 1.29 is 22.9 Å². The normalized spacial score (nSPS) is 22.0. The quantitative estimate of drug-likeness (QED) is 0.563. The van der Waals surface area contributed by atoms with Crippen molar-refractivity contribution >= 4 is 21.6 Å². The lowest BCUT2D eigenvalue weighted by Crippen LogP contribution is -2.49. The number of nitro benzene ring substituents is 1. The first-order valence-corrected chi connectivity index (χ1v) is 9.23. The van der Waals surface area contributed by atoms with E-state index in [1.54, 1.807) is 19.1 Å². The minimum absolute atomic E-state index is 0.0101. The fourth-order valence-corrected chi connectivity index (χ4v) is 4.40. The molecular weight excluding hydrogens is 338 g/mol. The molecule has 1 heterocycles. The van der Waals surface area contributed by atoms with Crippen molar-refractivity contribution in [2.75, 3.05) is 18.1 Å². The minimum atomic E-state index is -3.25. The third-order valence-electron chi connectivity index (χ3n) is 3.65. The van der Waals surface area contributed by atoms with Gasteiger partial charge in [-0.3, -0.25) is 10.1 Å². The molecule has 0 aromatic heterocycles. The fourth-order valence-electron chi connectivity index (χ4n) is 2.50. The van der Waals surface area contributed by atoms with Crippen LogP contribution in [0.2, 0.25) is 0 Å². The summed E-state index contributed by atoms with van der Waals surface area (Å²) < 4.78 is 28.4. The van der Waals surface area contributed by atoms with E-state index in [0.29, 0.717) is 6.54 Å². The number of alkyl carbamates (subject to hydrolysis) is 1. The highest BCUT2D eigenvalue weighted by Gasteiger charge is 2.38. The summed E-state index contributed by atoms with van der Waals surface area (Å²) in [4.78, 5) is 21.6. The van der Waals surface area contributed by atoms with Crippen LogP contribution >= 0.6 is 0 Å². The zero-order valence-electron chi connectivity index (χ0n) is 13.1. The van der Waals surface area contributed by atoms with Crippen LogP contribution in [0.1, 0.15) is 12.5 Å². The Morgan fingerprint density at radius 3 is 2.50 bits per heavy atom. The third-order valence-corrected chi connectivity index (χ3v) is 5.38. The van der Waals surface area contributed by atoms with E-state index < -0.39 is 32.9 Å². The zero-order chi connectivity index (χ0) is 17.7. The monoisotopic (exact) mass is 357 g/mol. The summed E-state index contributed by atoms with van der Waals surface area (Å²) in [5, 5.41) is 16.3. The van der Waals surface area contributed by atoms with E-state index in [1.807, 2.05) is 0 Å². The summed E-state index contributed by atoms with van der Waals surface area (Å²) in [7, 11) is -3.25. The molecule has 132 valence electrons. The second kappa shape index (κ2) is 7.58. The van der Waals surface area contributed by atoms with E-state index in [-0.39, 0.29) is 23.8 Å². The van der Waals surface area contributed by atoms with Gasteiger partial charge in [-0.15, -0.1) is 0 Å². The topological polar surface area (TPSA) is 128 Å². The number of nitrogens with zero attached hydrogens (tertiary/aromatic N) is 1. The molecule has 1 amide bonds. The van der Waals surface area contributed by atoms with Crippen molar-refractivity contribution in [1.82, 2.24) is 10.6 Å². The highest BCUT2D eigenvalue weighted by Crippen LogP contribution is 2.15. The SMILES string of the molecule is CCOC(=O)N[C@H]1CS(=O)(=O)C[C@@H]1NCc1ccc([N+](=O)[O-])cc1. The van der Waals surface area contributed by atoms with Crippen LogP contribution in [0, 0.1) is 10.1 Å². The molecule has 1 aliphatic heterocycles. The summed E-state index contributed by atoms with van der Waals surface area (Å²) in [6.45, 7) is 2.20. The van der Waals surface area contributed by atoms with Crippen LogP contribution in [-0.4, -0.2) is 49.6 Å². The molecule has 0 saturated carbocycles. The van der Waals surface area contributed by atoms with E-state index in [2.05, 4.69) is 10.6 Å². The third kappa shape index (κ3) is 4.90. The average Bonchev–Trinajstić information content (AvgIpc) is 2.79. The first kappa shape index (κ1) is 18.1. The summed E-state index contributed by atoms with van der Waals surface area (Å²) in [6, 6.07) is 4.94. The molecular formula is C14H19N3O6S. The minimum Gasteiger partial charge on any atom is -0.450 e. The molecule has 0 radical (unpaired) electrons. The zero-order valence-corrected chi connectivity index (χ0v) is 13.9. The lowest BCUT2D eigenvalue weighted by atomic mass is 10.1. The number of nitrogens with one attached hydrogen (secondary N) is 2. The van der Waals surface area contributed by atoms with Crippen molar-refractivity contribution in [2.45, 2.75) is 25.6 Å². The van der Waals surface area contributed by atoms with Crippen molar-refractivity contribution in [3.8, 4) is 0 Å². The van der Waals surface area contributed by atoms with Gasteiger partial charge < -0.3 is 15.4 Å². The summed E-state index contributed by atoms with van der Waals surface area (Å²) in [6.07, 6.45) is -0.651. The van der Waals surface area contributed by atoms with Crippen LogP contribution in [0.3, 0.4) is 0 Å². The van der Waals surface area contributed by atoms with Crippen LogP contribution in [0.5, 0.6) is 0 Å². The Balaban J connectivity index is 1.97. The Morgan fingerprint density at radius 1 is 1.29 bits per heavy atom. The Hall–Kier alpha value is -2.20. The molecule has 2 N–H and O–H groups in total. The molecule has 1 saturated heterocycles. The molecule has 9 nitrogen and oxygen atoms in total. The van der Waals surface area contributed by atoms with Gasteiger partial charge in [0.15, 0.2) is 9.84 Å². The van der Waals surface area contributed by atoms with Crippen LogP contribution in [-0.2, 0) is 21.1 Å². The van der Waals surface area contributed by atoms with Crippen LogP contribution in [0.4, 0.5) is 10.5 Å². The predicted octanol–water partition coefficient (Wildman–Crippen LogP) is 0.596. The molecule has 1 aliphatic rings. The van der Waals surface area contributed by atoms with Crippen molar-refractivity contribution in [2.24, 2.45) is 0 Å². The second-order valence-electron chi connectivity index (χ2n) is 5.46. The maximum atomic E-state index is 11.8. The number of hydrogen-bond donors (Lipinski definition) is 2. The molecule has 24 heavy (non-hydrogen) atoms. The van der Waals surface area contributed by atoms with Gasteiger partial charge in [-0.05, 0) is 12.5 Å². The first-order valence-electron chi connectivity index (χ1n) is 7.41. The lowest BCUT2D eigenvalue weighted by molar-refractivity contribution is -0.384. The van der Waals surface area contributed by atoms with E-state index in [9.17, 15) is 23.3 Å². The van der Waals surface area contributed by atoms with Crippen molar-refractivity contribution in [1.29, 1.82) is 0 Å². The standard InChI is InChI=1S/C14H19N3O6S/c1-2-23-14(18)16-13-9-24(21,22)8-12(13)15-7-10-3-5-11(6-4-10)17(19)20/h3-6,12-13,15H,2,7-9H2,1H3,(H,16,18)/t12-,13-/m0/s1. The Labute approximate surface area is 139 Å². The number of sulfone groups is 1. The predicted molar refractivity (Wildman–Crippen MR) is 86.3 cm³/mol. The van der Waals surface area contributed by atoms with Crippen LogP contribution < -0.4 is 10.6 Å². The Kier molecular flexibility index (Phi) is 5.73. The fraction of sp³-hybridized carbons (Fsp3) is 0.500. The van der Waals surface area contributed by atoms with Gasteiger partial charge in [0.25, 0.3) is 5.69 Å². The van der Waals surface area contributed by atoms with Crippen molar-refractivity contribution in [3.63, 3.8) is 0 Å². The number of non-ortho nitro benzene ring substituents is 1. The molecule has 1 aromatic rings. The van der Waals surface area contributed by atoms with Crippen LogP contribution in [0.25, 0.3) is 0 Å². The Bertz CT molecular complexity index is 704. The summed E-state index contributed by atoms with van der Waals surface area (Å²) in [5.74, 6) is -0.235. The van der Waals surface area contributed by atoms with Gasteiger partial charge in [0.05, 0.1) is 29.1 Å². The number of nitro groups is 1. The largest absolute Gasteiger partial charge is 0.450 e. The molecule has 0 aliphatic carbocycles. The highest BCUT2D eigenvalue weighted by molar-refractivity contribution is 7.91. The molecule has 0 unspecified atom stereocenters. The van der Waals surface area contributed by atoms with Crippen LogP contribution in [0.15, 0.2) is 24.3 Å². The van der Waals surface area contributed by atoms with Gasteiger partial charge in [-0.2, -0.15) is 0 Å². The maximum absolute atomic E-state index is 11.8. The van der Waals surface area contributed by atoms with Gasteiger partial charge in [0.2, 0.25) is 0 Å². The number of hydrogen-bond acceptors (Lipinski definition) is 7. The number of amides is 1. The van der Waals surface area contributed by atoms with Gasteiger partial charge >= 0.3 is 6.09 Å². The molecule has 10 heteroatoms. The summed E-state index contributed by atoms with van der Waals surface area (Å²) in [5.41, 5.74) is 0.767. The number of carbonyl (C=O) groups excluding carboxylic acids is 1. The van der Waals surface area contributed by atoms with E-state index in [0.717, 1.165) is 5.56 Å². The molecule has 1 aromatic carbocycles. The molecule has 1 fully saturated rings. The summed E-state index contributed by atoms with van der Waals surface area (Å²) >= 11 is 0. The average molecular weight is 357 g/mol. The van der Waals surface area contributed by atoms with E-state index >= 15 is 0 Å². The Morgan fingerprint density at radius 2 is 1.92 bits per heavy atom. The maximum Gasteiger partial charge on any atom is 0.407 e. The van der Waals surface area contributed by atoms with E-state index in [4.69, 9.17) is 4.74 Å². The lowest BCUT2D eigenvalue weighted by Gasteiger charge is -2.20. The second-order valence-corrected chi connectivity index (χ2v) is 7.61. The van der Waals surface area contributed by atoms with Gasteiger partial charge in [-0.25, -0.2) is 13.2 Å². The number of ether oxygens (including phenoxy) is 1. The molecule has 0 spiro atoms. The molecule has 0 bridgehead atoms. The first-order chi connectivity index (χ1) is 11.3. The number of rotatable bonds is 6. The number of carbonyl (C=O) groups is 1. The van der Waals surface area contributed by atoms with Gasteiger partial charge in [0.1, 0.15) is 0 Å². The van der Waals surface area contributed by atoms with E-state index in [1.165, 1.54) is 12.1 Å². The van der Waals surface area contributed by atoms with Crippen molar-refractivity contribution in [3.05, 3.63) is 39.9 Å². The highest BCUT2D eigenvalue weighted by atomic mass is 32.2. The number of benzene rings is 1. The van der Waals surface area contributed by atoms with Gasteiger partial charge in [0, 0.05) is 24.7 Å². The molecule has 2 atom stereocenters. The smallest absolute Gasteiger partial charge is 0.407 e. The van der Waals surface area contributed by atoms with Gasteiger partial charge in [-0.1, -0.05) is 12.1 Å².